The van der Waals surface area contributed by atoms with E-state index in [1.807, 2.05) is 30.3 Å². The smallest absolute Gasteiger partial charge is 0.247 e. The molecule has 0 radical (unpaired) electrons. The van der Waals surface area contributed by atoms with Crippen LogP contribution in [0.2, 0.25) is 0 Å². The Bertz CT molecular complexity index is 525. The molecule has 0 aliphatic carbocycles. The molecule has 0 saturated carbocycles. The van der Waals surface area contributed by atoms with Gasteiger partial charge in [0.05, 0.1) is 6.54 Å². The summed E-state index contributed by atoms with van der Waals surface area (Å²) in [5.41, 5.74) is 6.65. The van der Waals surface area contributed by atoms with Crippen LogP contribution in [0, 0.1) is 5.92 Å². The average molecular weight is 258 g/mol. The van der Waals surface area contributed by atoms with Crippen molar-refractivity contribution in [2.45, 2.75) is 13.0 Å². The van der Waals surface area contributed by atoms with Gasteiger partial charge in [0.1, 0.15) is 0 Å². The van der Waals surface area contributed by atoms with Gasteiger partial charge < -0.3 is 10.2 Å². The first kappa shape index (κ1) is 12.3. The maximum Gasteiger partial charge on any atom is 0.247 e. The molecule has 0 spiro atoms. The van der Waals surface area contributed by atoms with Gasteiger partial charge in [0.25, 0.3) is 0 Å². The predicted molar refractivity (Wildman–Crippen MR) is 72.2 cm³/mol. The molecular weight excluding hydrogens is 240 g/mol. The highest BCUT2D eigenvalue weighted by Gasteiger charge is 2.22. The first-order valence-corrected chi connectivity index (χ1v) is 6.65. The van der Waals surface area contributed by atoms with E-state index in [4.69, 9.17) is 10.2 Å². The minimum Gasteiger partial charge on any atom is -0.419 e. The molecule has 3 rings (SSSR count). The fourth-order valence-electron chi connectivity index (χ4n) is 2.46. The van der Waals surface area contributed by atoms with E-state index < -0.39 is 0 Å². The Labute approximate surface area is 112 Å². The molecule has 0 amide bonds. The van der Waals surface area contributed by atoms with Crippen molar-refractivity contribution in [1.29, 1.82) is 0 Å². The Morgan fingerprint density at radius 1 is 1.26 bits per heavy atom. The summed E-state index contributed by atoms with van der Waals surface area (Å²) in [6, 6.07) is 9.84. The van der Waals surface area contributed by atoms with Crippen molar-refractivity contribution in [1.82, 2.24) is 15.1 Å². The highest BCUT2D eigenvalue weighted by molar-refractivity contribution is 5.51. The normalized spacial score (nSPS) is 19.9. The van der Waals surface area contributed by atoms with Crippen LogP contribution in [0.25, 0.3) is 11.5 Å². The summed E-state index contributed by atoms with van der Waals surface area (Å²) in [4.78, 5) is 2.32. The largest absolute Gasteiger partial charge is 0.419 e. The van der Waals surface area contributed by atoms with Gasteiger partial charge in [-0.05, 0) is 37.6 Å². The minimum atomic E-state index is 0.588. The molecule has 19 heavy (non-hydrogen) atoms. The predicted octanol–water partition coefficient (Wildman–Crippen LogP) is 1.52. The standard InChI is InChI=1S/C14H18N4O/c15-8-11-6-7-18(9-11)10-13-16-17-14(19-13)12-4-2-1-3-5-12/h1-5,11H,6-10,15H2. The number of hydrogen-bond donors (Lipinski definition) is 1. The molecule has 1 aromatic carbocycles. The molecule has 1 saturated heterocycles. The van der Waals surface area contributed by atoms with E-state index in [0.717, 1.165) is 38.2 Å². The zero-order valence-electron chi connectivity index (χ0n) is 10.8. The molecule has 1 fully saturated rings. The third-order valence-electron chi connectivity index (χ3n) is 3.55. The molecule has 1 unspecified atom stereocenters. The van der Waals surface area contributed by atoms with Gasteiger partial charge in [0, 0.05) is 12.1 Å². The Balaban J connectivity index is 1.66. The molecule has 5 nitrogen and oxygen atoms in total. The summed E-state index contributed by atoms with van der Waals surface area (Å²) in [6.07, 6.45) is 1.16. The Morgan fingerprint density at radius 3 is 2.84 bits per heavy atom. The zero-order valence-corrected chi connectivity index (χ0v) is 10.8. The Kier molecular flexibility index (Phi) is 3.57. The highest BCUT2D eigenvalue weighted by atomic mass is 16.4. The van der Waals surface area contributed by atoms with Crippen molar-refractivity contribution in [3.63, 3.8) is 0 Å². The van der Waals surface area contributed by atoms with Crippen LogP contribution in [-0.4, -0.2) is 34.7 Å². The van der Waals surface area contributed by atoms with Gasteiger partial charge in [0.2, 0.25) is 11.8 Å². The summed E-state index contributed by atoms with van der Waals surface area (Å²) >= 11 is 0. The van der Waals surface area contributed by atoms with Crippen molar-refractivity contribution in [3.05, 3.63) is 36.2 Å². The molecule has 1 aromatic heterocycles. The minimum absolute atomic E-state index is 0.588. The lowest BCUT2D eigenvalue weighted by Gasteiger charge is -2.12. The monoisotopic (exact) mass is 258 g/mol. The first-order chi connectivity index (χ1) is 9.35. The van der Waals surface area contributed by atoms with Crippen LogP contribution < -0.4 is 5.73 Å². The molecular formula is C14H18N4O. The first-order valence-electron chi connectivity index (χ1n) is 6.65. The lowest BCUT2D eigenvalue weighted by molar-refractivity contribution is 0.282. The van der Waals surface area contributed by atoms with Gasteiger partial charge in [-0.25, -0.2) is 0 Å². The molecule has 1 atom stereocenters. The lowest BCUT2D eigenvalue weighted by Crippen LogP contribution is -2.22. The summed E-state index contributed by atoms with van der Waals surface area (Å²) in [7, 11) is 0. The van der Waals surface area contributed by atoms with Crippen molar-refractivity contribution in [3.8, 4) is 11.5 Å². The van der Waals surface area contributed by atoms with Gasteiger partial charge in [-0.2, -0.15) is 0 Å². The summed E-state index contributed by atoms with van der Waals surface area (Å²) in [5.74, 6) is 1.87. The Hall–Kier alpha value is -1.72. The van der Waals surface area contributed by atoms with E-state index in [9.17, 15) is 0 Å². The van der Waals surface area contributed by atoms with Gasteiger partial charge in [-0.1, -0.05) is 18.2 Å². The van der Waals surface area contributed by atoms with Crippen molar-refractivity contribution in [2.75, 3.05) is 19.6 Å². The van der Waals surface area contributed by atoms with E-state index >= 15 is 0 Å². The lowest BCUT2D eigenvalue weighted by atomic mass is 10.1. The fourth-order valence-corrected chi connectivity index (χ4v) is 2.46. The maximum atomic E-state index is 5.71. The summed E-state index contributed by atoms with van der Waals surface area (Å²) in [5, 5.41) is 8.22. The summed E-state index contributed by atoms with van der Waals surface area (Å²) in [6.45, 7) is 3.57. The third kappa shape index (κ3) is 2.83. The molecule has 100 valence electrons. The molecule has 2 N–H and O–H groups in total. The molecule has 2 heterocycles. The molecule has 2 aromatic rings. The second-order valence-electron chi connectivity index (χ2n) is 4.99. The van der Waals surface area contributed by atoms with E-state index in [0.29, 0.717) is 17.7 Å². The van der Waals surface area contributed by atoms with E-state index in [1.165, 1.54) is 0 Å². The average Bonchev–Trinajstić information content (AvgIpc) is 3.09. The number of nitrogens with zero attached hydrogens (tertiary/aromatic N) is 3. The number of aromatic nitrogens is 2. The topological polar surface area (TPSA) is 68.2 Å². The second-order valence-corrected chi connectivity index (χ2v) is 4.99. The van der Waals surface area contributed by atoms with Crippen LogP contribution in [-0.2, 0) is 6.54 Å². The third-order valence-corrected chi connectivity index (χ3v) is 3.55. The van der Waals surface area contributed by atoms with E-state index in [2.05, 4.69) is 15.1 Å². The van der Waals surface area contributed by atoms with Crippen LogP contribution in [0.3, 0.4) is 0 Å². The van der Waals surface area contributed by atoms with Gasteiger partial charge in [-0.15, -0.1) is 10.2 Å². The highest BCUT2D eigenvalue weighted by Crippen LogP contribution is 2.20. The van der Waals surface area contributed by atoms with Crippen LogP contribution in [0.15, 0.2) is 34.7 Å². The van der Waals surface area contributed by atoms with Crippen LogP contribution in [0.5, 0.6) is 0 Å². The number of nitrogens with two attached hydrogens (primary N) is 1. The fraction of sp³-hybridized carbons (Fsp3) is 0.429. The van der Waals surface area contributed by atoms with Gasteiger partial charge in [-0.3, -0.25) is 4.90 Å². The molecule has 5 heteroatoms. The van der Waals surface area contributed by atoms with Crippen molar-refractivity contribution < 1.29 is 4.42 Å². The zero-order chi connectivity index (χ0) is 13.1. The van der Waals surface area contributed by atoms with E-state index in [-0.39, 0.29) is 0 Å². The quantitative estimate of drug-likeness (QED) is 0.900. The van der Waals surface area contributed by atoms with E-state index in [1.54, 1.807) is 0 Å². The number of benzene rings is 1. The van der Waals surface area contributed by atoms with Crippen LogP contribution >= 0.6 is 0 Å². The van der Waals surface area contributed by atoms with Gasteiger partial charge >= 0.3 is 0 Å². The molecule has 0 bridgehead atoms. The Morgan fingerprint density at radius 2 is 2.11 bits per heavy atom. The second kappa shape index (κ2) is 5.50. The number of hydrogen-bond acceptors (Lipinski definition) is 5. The van der Waals surface area contributed by atoms with Crippen molar-refractivity contribution in [2.24, 2.45) is 11.7 Å². The summed E-state index contributed by atoms with van der Waals surface area (Å²) < 4.78 is 5.71. The number of likely N-dealkylation sites (tertiary alicyclic amines) is 1. The maximum absolute atomic E-state index is 5.71. The molecule has 1 aliphatic heterocycles. The molecule has 1 aliphatic rings. The van der Waals surface area contributed by atoms with Crippen LogP contribution in [0.1, 0.15) is 12.3 Å². The SMILES string of the molecule is NCC1CCN(Cc2nnc(-c3ccccc3)o2)C1. The number of rotatable bonds is 4. The van der Waals surface area contributed by atoms with Crippen molar-refractivity contribution >= 4 is 0 Å². The van der Waals surface area contributed by atoms with Gasteiger partial charge in [0.15, 0.2) is 0 Å². The van der Waals surface area contributed by atoms with Crippen LogP contribution in [0.4, 0.5) is 0 Å².